The van der Waals surface area contributed by atoms with Gasteiger partial charge in [-0.3, -0.25) is 0 Å². The second-order valence-electron chi connectivity index (χ2n) is 7.48. The quantitative estimate of drug-likeness (QED) is 0.257. The van der Waals surface area contributed by atoms with Crippen LogP contribution in [0, 0.1) is 0 Å². The Labute approximate surface area is 204 Å². The van der Waals surface area contributed by atoms with Crippen LogP contribution in [0.15, 0.2) is 97.1 Å². The zero-order valence-corrected chi connectivity index (χ0v) is 19.9. The van der Waals surface area contributed by atoms with Gasteiger partial charge in [0, 0.05) is 21.2 Å². The van der Waals surface area contributed by atoms with E-state index in [1.54, 1.807) is 14.2 Å². The average molecular weight is 479 g/mol. The molecule has 168 valence electrons. The Morgan fingerprint density at radius 2 is 0.879 bits per heavy atom. The molecule has 2 atom stereocenters. The molecule has 2 unspecified atom stereocenters. The maximum atomic E-state index is 6.91. The van der Waals surface area contributed by atoms with E-state index in [9.17, 15) is 0 Å². The number of rotatable bonds is 8. The van der Waals surface area contributed by atoms with Gasteiger partial charge in [0.25, 0.3) is 0 Å². The molecule has 0 spiro atoms. The first kappa shape index (κ1) is 23.2. The molecule has 0 saturated carbocycles. The summed E-state index contributed by atoms with van der Waals surface area (Å²) in [6.07, 6.45) is -0.854. The van der Waals surface area contributed by atoms with Gasteiger partial charge < -0.3 is 14.2 Å². The topological polar surface area (TPSA) is 27.7 Å². The first-order valence-corrected chi connectivity index (χ1v) is 11.3. The van der Waals surface area contributed by atoms with E-state index >= 15 is 0 Å². The van der Waals surface area contributed by atoms with Crippen molar-refractivity contribution in [3.8, 4) is 11.5 Å². The smallest absolute Gasteiger partial charge is 0.125 e. The van der Waals surface area contributed by atoms with E-state index in [-0.39, 0.29) is 0 Å². The summed E-state index contributed by atoms with van der Waals surface area (Å²) < 4.78 is 18.3. The van der Waals surface area contributed by atoms with Gasteiger partial charge in [0.1, 0.15) is 23.7 Å². The van der Waals surface area contributed by atoms with Gasteiger partial charge in [-0.05, 0) is 47.5 Å². The van der Waals surface area contributed by atoms with Crippen LogP contribution in [0.5, 0.6) is 11.5 Å². The van der Waals surface area contributed by atoms with Crippen LogP contribution in [0.1, 0.15) is 34.5 Å². The minimum Gasteiger partial charge on any atom is -0.496 e. The lowest BCUT2D eigenvalue weighted by Gasteiger charge is -2.28. The van der Waals surface area contributed by atoms with Gasteiger partial charge in [-0.2, -0.15) is 0 Å². The molecule has 0 N–H and O–H groups in total. The van der Waals surface area contributed by atoms with Crippen LogP contribution in [0.4, 0.5) is 0 Å². The zero-order valence-electron chi connectivity index (χ0n) is 18.4. The van der Waals surface area contributed by atoms with Crippen LogP contribution in [0.25, 0.3) is 0 Å². The molecule has 4 rings (SSSR count). The van der Waals surface area contributed by atoms with E-state index in [0.717, 1.165) is 33.8 Å². The predicted octanol–water partition coefficient (Wildman–Crippen LogP) is 7.91. The van der Waals surface area contributed by atoms with Gasteiger partial charge in [0.15, 0.2) is 0 Å². The van der Waals surface area contributed by atoms with Crippen LogP contribution in [-0.2, 0) is 4.74 Å². The van der Waals surface area contributed by atoms with E-state index < -0.39 is 12.2 Å². The van der Waals surface area contributed by atoms with Crippen LogP contribution in [0.2, 0.25) is 10.0 Å². The molecule has 0 aromatic heterocycles. The van der Waals surface area contributed by atoms with Crippen LogP contribution in [0.3, 0.4) is 0 Å². The highest BCUT2D eigenvalue weighted by molar-refractivity contribution is 6.30. The third-order valence-electron chi connectivity index (χ3n) is 5.46. The zero-order chi connectivity index (χ0) is 23.2. The SMILES string of the molecule is COc1ccccc1C(OC(c1ccc(Cl)cc1)c1ccccc1OC)c1ccc(Cl)cc1. The Hall–Kier alpha value is -2.98. The van der Waals surface area contributed by atoms with Gasteiger partial charge in [0.05, 0.1) is 14.2 Å². The second kappa shape index (κ2) is 10.8. The summed E-state index contributed by atoms with van der Waals surface area (Å²) in [5, 5.41) is 1.33. The molecule has 4 aromatic carbocycles. The molecule has 0 saturated heterocycles. The summed E-state index contributed by atoms with van der Waals surface area (Å²) in [5.41, 5.74) is 3.74. The van der Waals surface area contributed by atoms with Crippen molar-refractivity contribution < 1.29 is 14.2 Å². The van der Waals surface area contributed by atoms with Crippen LogP contribution < -0.4 is 9.47 Å². The molecule has 0 amide bonds. The summed E-state index contributed by atoms with van der Waals surface area (Å²) >= 11 is 12.4. The second-order valence-corrected chi connectivity index (χ2v) is 8.36. The Morgan fingerprint density at radius 1 is 0.515 bits per heavy atom. The van der Waals surface area contributed by atoms with Crippen molar-refractivity contribution in [3.05, 3.63) is 129 Å². The van der Waals surface area contributed by atoms with Crippen molar-refractivity contribution in [3.63, 3.8) is 0 Å². The number of hydrogen-bond donors (Lipinski definition) is 0. The fraction of sp³-hybridized carbons (Fsp3) is 0.143. The minimum atomic E-state index is -0.427. The fourth-order valence-corrected chi connectivity index (χ4v) is 4.09. The molecule has 0 aliphatic carbocycles. The lowest BCUT2D eigenvalue weighted by Crippen LogP contribution is -2.15. The van der Waals surface area contributed by atoms with Crippen molar-refractivity contribution in [2.24, 2.45) is 0 Å². The first-order valence-electron chi connectivity index (χ1n) is 10.5. The van der Waals surface area contributed by atoms with Gasteiger partial charge in [-0.15, -0.1) is 0 Å². The van der Waals surface area contributed by atoms with Crippen molar-refractivity contribution >= 4 is 23.2 Å². The Balaban J connectivity index is 1.86. The maximum absolute atomic E-state index is 6.91. The minimum absolute atomic E-state index is 0.427. The highest BCUT2D eigenvalue weighted by Gasteiger charge is 2.27. The highest BCUT2D eigenvalue weighted by atomic mass is 35.5. The van der Waals surface area contributed by atoms with E-state index in [0.29, 0.717) is 10.0 Å². The van der Waals surface area contributed by atoms with Crippen molar-refractivity contribution in [1.29, 1.82) is 0 Å². The van der Waals surface area contributed by atoms with E-state index in [1.165, 1.54) is 0 Å². The summed E-state index contributed by atoms with van der Waals surface area (Å²) in [7, 11) is 3.32. The molecule has 0 heterocycles. The third-order valence-corrected chi connectivity index (χ3v) is 5.96. The molecule has 0 aliphatic rings. The van der Waals surface area contributed by atoms with Crippen molar-refractivity contribution in [1.82, 2.24) is 0 Å². The molecular weight excluding hydrogens is 455 g/mol. The lowest BCUT2D eigenvalue weighted by atomic mass is 9.97. The molecule has 0 bridgehead atoms. The van der Waals surface area contributed by atoms with E-state index in [4.69, 9.17) is 37.4 Å². The molecule has 0 radical (unpaired) electrons. The van der Waals surface area contributed by atoms with E-state index in [2.05, 4.69) is 0 Å². The van der Waals surface area contributed by atoms with Crippen molar-refractivity contribution in [2.45, 2.75) is 12.2 Å². The number of halogens is 2. The summed E-state index contributed by atoms with van der Waals surface area (Å²) in [5.74, 6) is 1.49. The Kier molecular flexibility index (Phi) is 7.56. The highest BCUT2D eigenvalue weighted by Crippen LogP contribution is 2.41. The summed E-state index contributed by atoms with van der Waals surface area (Å²) in [6.45, 7) is 0. The standard InChI is InChI=1S/C28H24Cl2O3/c1-31-25-9-5-3-7-23(25)27(19-11-15-21(29)16-12-19)33-28(20-13-17-22(30)18-14-20)24-8-4-6-10-26(24)32-2/h3-18,27-28H,1-2H3. The number of methoxy groups -OCH3 is 2. The molecule has 33 heavy (non-hydrogen) atoms. The maximum Gasteiger partial charge on any atom is 0.125 e. The van der Waals surface area contributed by atoms with Gasteiger partial charge >= 0.3 is 0 Å². The third kappa shape index (κ3) is 5.33. The van der Waals surface area contributed by atoms with E-state index in [1.807, 2.05) is 97.1 Å². The molecule has 3 nitrogen and oxygen atoms in total. The van der Waals surface area contributed by atoms with Gasteiger partial charge in [0.2, 0.25) is 0 Å². The Morgan fingerprint density at radius 3 is 1.24 bits per heavy atom. The molecule has 0 fully saturated rings. The van der Waals surface area contributed by atoms with Crippen molar-refractivity contribution in [2.75, 3.05) is 14.2 Å². The molecular formula is C28H24Cl2O3. The number of benzene rings is 4. The Bertz CT molecular complexity index is 1100. The molecule has 0 aliphatic heterocycles. The predicted molar refractivity (Wildman–Crippen MR) is 134 cm³/mol. The number of para-hydroxylation sites is 2. The molecule has 4 aromatic rings. The number of ether oxygens (including phenoxy) is 3. The van der Waals surface area contributed by atoms with Crippen LogP contribution >= 0.6 is 23.2 Å². The largest absolute Gasteiger partial charge is 0.496 e. The summed E-state index contributed by atoms with van der Waals surface area (Å²) in [4.78, 5) is 0. The lowest BCUT2D eigenvalue weighted by molar-refractivity contribution is 0.0283. The van der Waals surface area contributed by atoms with Gasteiger partial charge in [-0.25, -0.2) is 0 Å². The molecule has 5 heteroatoms. The van der Waals surface area contributed by atoms with Gasteiger partial charge in [-0.1, -0.05) is 83.9 Å². The first-order chi connectivity index (χ1) is 16.1. The van der Waals surface area contributed by atoms with Crippen LogP contribution in [-0.4, -0.2) is 14.2 Å². The fourth-order valence-electron chi connectivity index (χ4n) is 3.84. The monoisotopic (exact) mass is 478 g/mol. The number of hydrogen-bond acceptors (Lipinski definition) is 3. The normalized spacial score (nSPS) is 12.7. The average Bonchev–Trinajstić information content (AvgIpc) is 2.86. The summed E-state index contributed by atoms with van der Waals surface area (Å²) in [6, 6.07) is 31.1.